The van der Waals surface area contributed by atoms with Crippen LogP contribution in [-0.4, -0.2) is 30.0 Å². The lowest BCUT2D eigenvalue weighted by atomic mass is 10.3. The second kappa shape index (κ2) is 3.38. The Morgan fingerprint density at radius 1 is 1.54 bits per heavy atom. The minimum atomic E-state index is -0.556. The molecule has 5 heteroatoms. The Kier molecular flexibility index (Phi) is 2.46. The summed E-state index contributed by atoms with van der Waals surface area (Å²) in [4.78, 5) is 20.7. The van der Waals surface area contributed by atoms with Gasteiger partial charge in [-0.2, -0.15) is 0 Å². The summed E-state index contributed by atoms with van der Waals surface area (Å²) in [6.45, 7) is 1.76. The lowest BCUT2D eigenvalue weighted by molar-refractivity contribution is 0.0995. The van der Waals surface area contributed by atoms with Crippen molar-refractivity contribution in [3.05, 3.63) is 17.6 Å². The number of hydrogen-bond donors (Lipinski definition) is 1. The van der Waals surface area contributed by atoms with Crippen molar-refractivity contribution in [2.45, 2.75) is 6.92 Å². The molecule has 0 bridgehead atoms. The van der Waals surface area contributed by atoms with Gasteiger partial charge in [-0.05, 0) is 6.92 Å². The van der Waals surface area contributed by atoms with Crippen LogP contribution in [0, 0.1) is 6.92 Å². The molecule has 0 aliphatic rings. The highest BCUT2D eigenvalue weighted by Gasteiger charge is 2.12. The van der Waals surface area contributed by atoms with E-state index in [0.29, 0.717) is 11.5 Å². The number of anilines is 1. The summed E-state index contributed by atoms with van der Waals surface area (Å²) in [7, 11) is 3.57. The van der Waals surface area contributed by atoms with Crippen LogP contribution < -0.4 is 10.6 Å². The number of primary amides is 1. The van der Waals surface area contributed by atoms with E-state index in [1.54, 1.807) is 32.1 Å². The Bertz CT molecular complexity index is 335. The summed E-state index contributed by atoms with van der Waals surface area (Å²) in [6.07, 6.45) is 1.60. The van der Waals surface area contributed by atoms with Crippen LogP contribution in [0.2, 0.25) is 0 Å². The van der Waals surface area contributed by atoms with Gasteiger partial charge >= 0.3 is 0 Å². The Morgan fingerprint density at radius 2 is 2.15 bits per heavy atom. The van der Waals surface area contributed by atoms with Gasteiger partial charge in [-0.15, -0.1) is 0 Å². The lowest BCUT2D eigenvalue weighted by Crippen LogP contribution is -2.21. The largest absolute Gasteiger partial charge is 0.364 e. The molecule has 0 radical (unpaired) electrons. The summed E-state index contributed by atoms with van der Waals surface area (Å²) < 4.78 is 0. The van der Waals surface area contributed by atoms with Gasteiger partial charge in [-0.1, -0.05) is 0 Å². The average molecular weight is 180 g/mol. The van der Waals surface area contributed by atoms with Crippen LogP contribution in [0.1, 0.15) is 16.2 Å². The zero-order chi connectivity index (χ0) is 10.0. The molecule has 0 saturated carbocycles. The van der Waals surface area contributed by atoms with Crippen LogP contribution in [0.15, 0.2) is 6.20 Å². The molecule has 0 fully saturated rings. The number of aromatic nitrogens is 2. The number of carbonyl (C=O) groups excluding carboxylic acids is 1. The van der Waals surface area contributed by atoms with Crippen molar-refractivity contribution in [2.75, 3.05) is 19.0 Å². The maximum atomic E-state index is 11.0. The molecule has 0 saturated heterocycles. The number of nitrogens with zero attached hydrogens (tertiary/aromatic N) is 3. The smallest absolute Gasteiger partial charge is 0.271 e. The molecule has 0 aromatic carbocycles. The molecule has 1 aromatic heterocycles. The van der Waals surface area contributed by atoms with Crippen molar-refractivity contribution >= 4 is 11.7 Å². The number of aryl methyl sites for hydroxylation is 1. The highest BCUT2D eigenvalue weighted by Crippen LogP contribution is 2.11. The van der Waals surface area contributed by atoms with Crippen LogP contribution in [-0.2, 0) is 0 Å². The van der Waals surface area contributed by atoms with Gasteiger partial charge in [0.1, 0.15) is 0 Å². The first kappa shape index (κ1) is 9.44. The van der Waals surface area contributed by atoms with Crippen molar-refractivity contribution in [1.29, 1.82) is 0 Å². The van der Waals surface area contributed by atoms with Crippen molar-refractivity contribution in [3.8, 4) is 0 Å². The van der Waals surface area contributed by atoms with Crippen molar-refractivity contribution < 1.29 is 4.79 Å². The van der Waals surface area contributed by atoms with E-state index in [1.165, 1.54) is 0 Å². The molecule has 2 N–H and O–H groups in total. The van der Waals surface area contributed by atoms with Gasteiger partial charge in [0.15, 0.2) is 11.5 Å². The van der Waals surface area contributed by atoms with Gasteiger partial charge in [-0.25, -0.2) is 9.97 Å². The number of hydrogen-bond acceptors (Lipinski definition) is 4. The number of carbonyl (C=O) groups is 1. The SMILES string of the molecule is Cc1cnc(N(C)C)c(C(N)=O)n1. The van der Waals surface area contributed by atoms with Crippen LogP contribution in [0.5, 0.6) is 0 Å². The summed E-state index contributed by atoms with van der Waals surface area (Å²) in [5, 5.41) is 0. The Balaban J connectivity index is 3.27. The summed E-state index contributed by atoms with van der Waals surface area (Å²) in [6, 6.07) is 0. The fourth-order valence-electron chi connectivity index (χ4n) is 0.963. The standard InChI is InChI=1S/C8H12N4O/c1-5-4-10-8(12(2)3)6(11-5)7(9)13/h4H,1-3H3,(H2,9,13). The first-order valence-electron chi connectivity index (χ1n) is 3.83. The van der Waals surface area contributed by atoms with E-state index in [0.717, 1.165) is 0 Å². The van der Waals surface area contributed by atoms with Crippen LogP contribution in [0.4, 0.5) is 5.82 Å². The lowest BCUT2D eigenvalue weighted by Gasteiger charge is -2.13. The predicted molar refractivity (Wildman–Crippen MR) is 49.6 cm³/mol. The zero-order valence-corrected chi connectivity index (χ0v) is 7.90. The molecular formula is C8H12N4O. The van der Waals surface area contributed by atoms with Crippen LogP contribution >= 0.6 is 0 Å². The number of nitrogens with two attached hydrogens (primary N) is 1. The fourth-order valence-corrected chi connectivity index (χ4v) is 0.963. The predicted octanol–water partition coefficient (Wildman–Crippen LogP) is -0.0501. The van der Waals surface area contributed by atoms with Gasteiger partial charge in [0.2, 0.25) is 0 Å². The molecular weight excluding hydrogens is 168 g/mol. The summed E-state index contributed by atoms with van der Waals surface area (Å²) in [5.74, 6) is -0.0574. The molecule has 5 nitrogen and oxygen atoms in total. The number of amides is 1. The fraction of sp³-hybridized carbons (Fsp3) is 0.375. The molecule has 1 aromatic rings. The molecule has 70 valence electrons. The second-order valence-electron chi connectivity index (χ2n) is 2.94. The maximum absolute atomic E-state index is 11.0. The molecule has 0 atom stereocenters. The van der Waals surface area contributed by atoms with Crippen molar-refractivity contribution in [2.24, 2.45) is 5.73 Å². The molecule has 0 unspecified atom stereocenters. The summed E-state index contributed by atoms with van der Waals surface area (Å²) >= 11 is 0. The van der Waals surface area contributed by atoms with Gasteiger partial charge in [0.05, 0.1) is 11.9 Å². The quantitative estimate of drug-likeness (QED) is 0.692. The van der Waals surface area contributed by atoms with Crippen molar-refractivity contribution in [1.82, 2.24) is 9.97 Å². The highest BCUT2D eigenvalue weighted by atomic mass is 16.1. The minimum absolute atomic E-state index is 0.213. The molecule has 0 spiro atoms. The van der Waals surface area contributed by atoms with E-state index in [9.17, 15) is 4.79 Å². The highest BCUT2D eigenvalue weighted by molar-refractivity contribution is 5.95. The van der Waals surface area contributed by atoms with E-state index in [1.807, 2.05) is 0 Å². The first-order chi connectivity index (χ1) is 6.02. The zero-order valence-electron chi connectivity index (χ0n) is 7.90. The molecule has 1 rings (SSSR count). The van der Waals surface area contributed by atoms with E-state index in [2.05, 4.69) is 9.97 Å². The van der Waals surface area contributed by atoms with Gasteiger partial charge in [0.25, 0.3) is 5.91 Å². The summed E-state index contributed by atoms with van der Waals surface area (Å²) in [5.41, 5.74) is 6.05. The second-order valence-corrected chi connectivity index (χ2v) is 2.94. The van der Waals surface area contributed by atoms with E-state index in [-0.39, 0.29) is 5.69 Å². The van der Waals surface area contributed by atoms with Crippen molar-refractivity contribution in [3.63, 3.8) is 0 Å². The molecule has 1 heterocycles. The van der Waals surface area contributed by atoms with Gasteiger partial charge < -0.3 is 10.6 Å². The maximum Gasteiger partial charge on any atom is 0.271 e. The average Bonchev–Trinajstić information content (AvgIpc) is 2.03. The van der Waals surface area contributed by atoms with Gasteiger partial charge in [-0.3, -0.25) is 4.79 Å². The third-order valence-electron chi connectivity index (χ3n) is 1.53. The Labute approximate surface area is 76.6 Å². The van der Waals surface area contributed by atoms with E-state index >= 15 is 0 Å². The van der Waals surface area contributed by atoms with Crippen LogP contribution in [0.25, 0.3) is 0 Å². The Hall–Kier alpha value is -1.65. The van der Waals surface area contributed by atoms with Gasteiger partial charge in [0, 0.05) is 14.1 Å². The topological polar surface area (TPSA) is 72.1 Å². The normalized spacial score (nSPS) is 9.77. The first-order valence-corrected chi connectivity index (χ1v) is 3.83. The van der Waals surface area contributed by atoms with E-state index < -0.39 is 5.91 Å². The minimum Gasteiger partial charge on any atom is -0.364 e. The molecule has 0 aliphatic carbocycles. The molecule has 13 heavy (non-hydrogen) atoms. The third-order valence-corrected chi connectivity index (χ3v) is 1.53. The molecule has 0 aliphatic heterocycles. The monoisotopic (exact) mass is 180 g/mol. The molecule has 1 amide bonds. The van der Waals surface area contributed by atoms with E-state index in [4.69, 9.17) is 5.73 Å². The number of rotatable bonds is 2. The Morgan fingerprint density at radius 3 is 2.62 bits per heavy atom. The van der Waals surface area contributed by atoms with Crippen LogP contribution in [0.3, 0.4) is 0 Å². The third kappa shape index (κ3) is 1.93.